The van der Waals surface area contributed by atoms with Crippen LogP contribution in [-0.2, 0) is 0 Å². The van der Waals surface area contributed by atoms with Crippen LogP contribution in [0.3, 0.4) is 0 Å². The monoisotopic (exact) mass is 558 g/mol. The Balaban J connectivity index is 1.21. The Morgan fingerprint density at radius 1 is 0.465 bits per heavy atom. The van der Waals surface area contributed by atoms with E-state index >= 15 is 0 Å². The number of anilines is 3. The Hall–Kier alpha value is -6.08. The average molecular weight is 559 g/mol. The van der Waals surface area contributed by atoms with Gasteiger partial charge in [-0.05, 0) is 105 Å². The second-order valence-electron chi connectivity index (χ2n) is 10.1. The van der Waals surface area contributed by atoms with Crippen LogP contribution in [0.2, 0.25) is 0 Å². The molecule has 7 nitrogen and oxygen atoms in total. The molecule has 0 spiro atoms. The molecule has 0 aliphatic heterocycles. The largest absolute Gasteiger partial charge is 0.423 e. The Kier molecular flexibility index (Phi) is 5.71. The van der Waals surface area contributed by atoms with Crippen LogP contribution in [0.15, 0.2) is 149 Å². The molecule has 204 valence electrons. The maximum absolute atomic E-state index is 9.01. The van der Waals surface area contributed by atoms with Crippen LogP contribution in [0, 0.1) is 0 Å². The molecule has 0 amide bonds. The number of fused-ring (bicyclic) bond motifs is 2. The summed E-state index contributed by atoms with van der Waals surface area (Å²) in [5.41, 5.74) is 6.53. The van der Waals surface area contributed by atoms with Crippen molar-refractivity contribution in [2.75, 3.05) is 4.90 Å². The first-order chi connectivity index (χ1) is 21.7. The van der Waals surface area contributed by atoms with Gasteiger partial charge in [-0.15, -0.1) is 20.4 Å². The van der Waals surface area contributed by atoms with Crippen LogP contribution in [0.4, 0.5) is 17.1 Å². The lowest BCUT2D eigenvalue weighted by Gasteiger charge is -2.26. The molecule has 0 saturated carbocycles. The number of aromatic nitrogens is 4. The minimum Gasteiger partial charge on any atom is -0.423 e. The van der Waals surface area contributed by atoms with E-state index in [0.717, 1.165) is 50.1 Å². The third-order valence-corrected chi connectivity index (χ3v) is 7.54. The summed E-state index contributed by atoms with van der Waals surface area (Å²) in [5, 5.41) is 19.9. The highest BCUT2D eigenvalue weighted by Crippen LogP contribution is 2.38. The summed E-state index contributed by atoms with van der Waals surface area (Å²) in [6, 6.07) is 41.4. The summed E-state index contributed by atoms with van der Waals surface area (Å²) in [4.78, 5) is 2.14. The Morgan fingerprint density at radius 2 is 0.977 bits per heavy atom. The second kappa shape index (κ2) is 10.4. The average Bonchev–Trinajstić information content (AvgIpc) is 3.81. The summed E-state index contributed by atoms with van der Waals surface area (Å²) in [6.07, 6.45) is 2.64. The van der Waals surface area contributed by atoms with Gasteiger partial charge in [0.1, 0.15) is 0 Å². The van der Waals surface area contributed by atoms with E-state index in [-0.39, 0.29) is 0 Å². The molecular weight excluding hydrogens is 534 g/mol. The molecule has 2 aromatic heterocycles. The fourth-order valence-corrected chi connectivity index (χ4v) is 5.39. The molecule has 0 bridgehead atoms. The van der Waals surface area contributed by atoms with Crippen molar-refractivity contribution in [3.05, 3.63) is 140 Å². The second-order valence-corrected chi connectivity index (χ2v) is 10.1. The fourth-order valence-electron chi connectivity index (χ4n) is 5.39. The molecule has 0 saturated heterocycles. The van der Waals surface area contributed by atoms with Crippen molar-refractivity contribution in [1.29, 1.82) is 0 Å². The molecule has 7 heteroatoms. The molecule has 0 fully saturated rings. The number of hydrogen-bond acceptors (Lipinski definition) is 7. The van der Waals surface area contributed by atoms with Gasteiger partial charge in [-0.1, -0.05) is 54.6 Å². The van der Waals surface area contributed by atoms with E-state index in [1.54, 1.807) is 0 Å². The van der Waals surface area contributed by atoms with Crippen molar-refractivity contribution >= 4 is 38.6 Å². The van der Waals surface area contributed by atoms with Crippen LogP contribution in [0.5, 0.6) is 0 Å². The number of hydrogen-bond donors (Lipinski definition) is 0. The number of benzene rings is 6. The summed E-state index contributed by atoms with van der Waals surface area (Å²) in [5.74, 6) is 0.914. The molecule has 0 aliphatic carbocycles. The molecule has 0 atom stereocenters. The fraction of sp³-hybridized carbons (Fsp3) is 0. The highest BCUT2D eigenvalue weighted by molar-refractivity contribution is 5.94. The first-order valence-electron chi connectivity index (χ1n) is 14.3. The third-order valence-electron chi connectivity index (χ3n) is 7.54. The summed E-state index contributed by atoms with van der Waals surface area (Å²) in [7, 11) is 0. The molecule has 43 heavy (non-hydrogen) atoms. The van der Waals surface area contributed by atoms with E-state index in [1.807, 2.05) is 66.7 Å². The highest BCUT2D eigenvalue weighted by atomic mass is 16.4. The zero-order valence-corrected chi connectivity index (χ0v) is 22.8. The van der Waals surface area contributed by atoms with Crippen molar-refractivity contribution in [3.63, 3.8) is 0 Å². The van der Waals surface area contributed by atoms with Gasteiger partial charge in [-0.25, -0.2) is 0 Å². The van der Waals surface area contributed by atoms with Crippen molar-refractivity contribution < 1.29 is 10.2 Å². The van der Waals surface area contributed by atoms with E-state index in [2.05, 4.69) is 79.9 Å². The van der Waals surface area contributed by atoms with Crippen molar-refractivity contribution in [3.8, 4) is 34.0 Å². The lowest BCUT2D eigenvalue weighted by Crippen LogP contribution is -2.09. The third kappa shape index (κ3) is 4.69. The molecule has 0 unspecified atom stereocenters. The van der Waals surface area contributed by atoms with Gasteiger partial charge < -0.3 is 13.7 Å². The predicted molar refractivity (Wildman–Crippen MR) is 168 cm³/mol. The normalized spacial score (nSPS) is 11.6. The van der Waals surface area contributed by atoms with Gasteiger partial charge in [-0.2, -0.15) is 0 Å². The maximum atomic E-state index is 9.01. The molecule has 0 radical (unpaired) electrons. The van der Waals surface area contributed by atoms with Crippen LogP contribution < -0.4 is 4.90 Å². The van der Waals surface area contributed by atoms with Crippen LogP contribution in [0.1, 0.15) is 1.37 Å². The molecule has 6 aromatic carbocycles. The lowest BCUT2D eigenvalue weighted by molar-refractivity contribution is 0.568. The minimum absolute atomic E-state index is 0.457. The standard InChI is InChI=1S/C36H23N5O2/c1-2-4-27-19-28(6-5-24(27)3-1)29-7-8-31-21-34(18-13-30(31)20-29)41(32-14-9-25(10-15-32)35-39-37-22-42-35)33-16-11-26(12-17-33)36-40-38-23-43-36/h1-23H/i8D. The van der Waals surface area contributed by atoms with Crippen molar-refractivity contribution in [1.82, 2.24) is 20.4 Å². The summed E-state index contributed by atoms with van der Waals surface area (Å²) < 4.78 is 19.8. The topological polar surface area (TPSA) is 81.1 Å². The number of nitrogens with zero attached hydrogens (tertiary/aromatic N) is 5. The first kappa shape index (κ1) is 23.6. The van der Waals surface area contributed by atoms with Gasteiger partial charge in [0.25, 0.3) is 0 Å². The summed E-state index contributed by atoms with van der Waals surface area (Å²) >= 11 is 0. The predicted octanol–water partition coefficient (Wildman–Crippen LogP) is 9.23. The van der Waals surface area contributed by atoms with Gasteiger partial charge in [0.05, 0.1) is 1.37 Å². The Bertz CT molecular complexity index is 2150. The van der Waals surface area contributed by atoms with E-state index in [1.165, 1.54) is 23.6 Å². The Labute approximate surface area is 248 Å². The van der Waals surface area contributed by atoms with E-state index in [9.17, 15) is 0 Å². The molecule has 8 aromatic rings. The maximum Gasteiger partial charge on any atom is 0.247 e. The SMILES string of the molecule is [2H]c1cc(-c2ccc3ccccc3c2)cc2ccc(N(c3ccc(-c4nnco4)cc3)c3ccc(-c4nnco4)cc3)cc12. The number of rotatable bonds is 6. The van der Waals surface area contributed by atoms with Gasteiger partial charge in [0.15, 0.2) is 0 Å². The summed E-state index contributed by atoms with van der Waals surface area (Å²) in [6.45, 7) is 0. The van der Waals surface area contributed by atoms with Crippen molar-refractivity contribution in [2.24, 2.45) is 0 Å². The molecular formula is C36H23N5O2. The molecule has 2 heterocycles. The quantitative estimate of drug-likeness (QED) is 0.201. The molecule has 0 aliphatic rings. The van der Waals surface area contributed by atoms with Crippen LogP contribution >= 0.6 is 0 Å². The van der Waals surface area contributed by atoms with Crippen molar-refractivity contribution in [2.45, 2.75) is 0 Å². The van der Waals surface area contributed by atoms with E-state index in [4.69, 9.17) is 10.2 Å². The van der Waals surface area contributed by atoms with Gasteiger partial charge >= 0.3 is 0 Å². The highest BCUT2D eigenvalue weighted by Gasteiger charge is 2.15. The van der Waals surface area contributed by atoms with Gasteiger partial charge in [0, 0.05) is 28.2 Å². The molecule has 0 N–H and O–H groups in total. The zero-order chi connectivity index (χ0) is 29.5. The Morgan fingerprint density at radius 3 is 1.58 bits per heavy atom. The first-order valence-corrected chi connectivity index (χ1v) is 13.8. The van der Waals surface area contributed by atoms with Gasteiger partial charge in [0.2, 0.25) is 24.6 Å². The van der Waals surface area contributed by atoms with Crippen LogP contribution in [-0.4, -0.2) is 20.4 Å². The lowest BCUT2D eigenvalue weighted by atomic mass is 9.98. The zero-order valence-electron chi connectivity index (χ0n) is 23.8. The minimum atomic E-state index is 0.457. The molecule has 8 rings (SSSR count). The van der Waals surface area contributed by atoms with Gasteiger partial charge in [-0.3, -0.25) is 0 Å². The van der Waals surface area contributed by atoms with E-state index in [0.29, 0.717) is 17.8 Å². The smallest absolute Gasteiger partial charge is 0.247 e. The van der Waals surface area contributed by atoms with E-state index < -0.39 is 0 Å². The van der Waals surface area contributed by atoms with Crippen LogP contribution in [0.25, 0.3) is 55.6 Å².